The Balaban J connectivity index is 0.000000921. The van der Waals surface area contributed by atoms with Gasteiger partial charge in [-0.3, -0.25) is 4.79 Å². The lowest BCUT2D eigenvalue weighted by Gasteiger charge is -2.02. The molecule has 0 aliphatic carbocycles. The number of benzene rings is 1. The van der Waals surface area contributed by atoms with Crippen LogP contribution in [0.3, 0.4) is 0 Å². The molecule has 0 saturated carbocycles. The van der Waals surface area contributed by atoms with Crippen LogP contribution in [0.1, 0.15) is 5.56 Å². The number of methoxy groups -OCH3 is 1. The smallest absolute Gasteiger partial charge is 0.307 e. The Morgan fingerprint density at radius 2 is 2.13 bits per heavy atom. The fourth-order valence-electron chi connectivity index (χ4n) is 0.994. The van der Waals surface area contributed by atoms with E-state index >= 15 is 0 Å². The van der Waals surface area contributed by atoms with Crippen LogP contribution >= 0.6 is 15.9 Å². The van der Waals surface area contributed by atoms with Gasteiger partial charge in [-0.1, -0.05) is 22.0 Å². The predicted octanol–water partition coefficient (Wildman–Crippen LogP) is 2.47. The summed E-state index contributed by atoms with van der Waals surface area (Å²) in [4.78, 5) is 10.3. The molecule has 84 valence electrons. The number of aliphatic carboxylic acids is 1. The number of carboxylic acids is 1. The predicted molar refractivity (Wildman–Crippen MR) is 59.1 cm³/mol. The third kappa shape index (κ3) is 4.78. The standard InChI is InChI=1S/C9H9FO3.CH3Br/c1-13-8-3-2-6(4-7(8)10)5-9(11)12;1-2/h2-4H,5H2,1H3,(H,11,12);1H3. The first-order valence-corrected chi connectivity index (χ1v) is 5.64. The number of rotatable bonds is 3. The van der Waals surface area contributed by atoms with Gasteiger partial charge in [0.25, 0.3) is 0 Å². The van der Waals surface area contributed by atoms with Crippen LogP contribution in [0.5, 0.6) is 5.75 Å². The minimum atomic E-state index is -0.982. The molecule has 0 aromatic heterocycles. The maximum absolute atomic E-state index is 13.0. The van der Waals surface area contributed by atoms with Crippen LogP contribution in [-0.4, -0.2) is 24.0 Å². The van der Waals surface area contributed by atoms with E-state index in [1.807, 2.05) is 5.83 Å². The lowest BCUT2D eigenvalue weighted by atomic mass is 10.1. The van der Waals surface area contributed by atoms with Crippen LogP contribution in [0, 0.1) is 5.82 Å². The first kappa shape index (κ1) is 13.9. The molecule has 0 bridgehead atoms. The van der Waals surface area contributed by atoms with Crippen LogP contribution in [0.15, 0.2) is 18.2 Å². The Kier molecular flexibility index (Phi) is 6.70. The van der Waals surface area contributed by atoms with Crippen molar-refractivity contribution in [3.8, 4) is 5.75 Å². The van der Waals surface area contributed by atoms with Crippen molar-refractivity contribution in [2.45, 2.75) is 6.42 Å². The van der Waals surface area contributed by atoms with Gasteiger partial charge in [0, 0.05) is 0 Å². The Morgan fingerprint density at radius 1 is 1.53 bits per heavy atom. The second-order valence-corrected chi connectivity index (χ2v) is 2.54. The molecule has 0 fully saturated rings. The summed E-state index contributed by atoms with van der Waals surface area (Å²) in [5.41, 5.74) is 0.422. The quantitative estimate of drug-likeness (QED) is 0.864. The van der Waals surface area contributed by atoms with Crippen LogP contribution in [0.25, 0.3) is 0 Å². The van der Waals surface area contributed by atoms with Gasteiger partial charge in [-0.05, 0) is 23.5 Å². The fraction of sp³-hybridized carbons (Fsp3) is 0.300. The summed E-state index contributed by atoms with van der Waals surface area (Å²) in [6, 6.07) is 4.09. The summed E-state index contributed by atoms with van der Waals surface area (Å²) in [5.74, 6) is 0.410. The molecule has 15 heavy (non-hydrogen) atoms. The van der Waals surface area contributed by atoms with E-state index in [-0.39, 0.29) is 12.2 Å². The zero-order valence-corrected chi connectivity index (χ0v) is 10.0. The third-order valence-corrected chi connectivity index (χ3v) is 1.57. The van der Waals surface area contributed by atoms with Crippen LogP contribution in [0.2, 0.25) is 0 Å². The molecule has 1 N–H and O–H groups in total. The summed E-state index contributed by atoms with van der Waals surface area (Å²) in [7, 11) is 1.36. The molecular weight excluding hydrogens is 267 g/mol. The molecule has 0 saturated heterocycles. The average molecular weight is 279 g/mol. The largest absolute Gasteiger partial charge is 0.494 e. The fourth-order valence-corrected chi connectivity index (χ4v) is 0.994. The molecular formula is C10H12BrFO3. The van der Waals surface area contributed by atoms with E-state index in [1.54, 1.807) is 0 Å². The van der Waals surface area contributed by atoms with Crippen molar-refractivity contribution in [1.82, 2.24) is 0 Å². The monoisotopic (exact) mass is 278 g/mol. The van der Waals surface area contributed by atoms with Gasteiger partial charge >= 0.3 is 5.97 Å². The minimum Gasteiger partial charge on any atom is -0.494 e. The number of hydrogen-bond donors (Lipinski definition) is 1. The first-order chi connectivity index (χ1) is 7.13. The van der Waals surface area contributed by atoms with Crippen molar-refractivity contribution < 1.29 is 19.0 Å². The molecule has 0 heterocycles. The molecule has 5 heteroatoms. The Bertz CT molecular complexity index is 328. The Labute approximate surface area is 96.0 Å². The summed E-state index contributed by atoms with van der Waals surface area (Å²) < 4.78 is 17.7. The van der Waals surface area contributed by atoms with Gasteiger partial charge in [-0.15, -0.1) is 0 Å². The van der Waals surface area contributed by atoms with Crippen LogP contribution in [-0.2, 0) is 11.2 Å². The highest BCUT2D eigenvalue weighted by molar-refractivity contribution is 9.08. The summed E-state index contributed by atoms with van der Waals surface area (Å²) in [6.07, 6.45) is -0.180. The van der Waals surface area contributed by atoms with E-state index in [1.165, 1.54) is 19.2 Å². The van der Waals surface area contributed by atoms with E-state index in [0.29, 0.717) is 5.56 Å². The van der Waals surface area contributed by atoms with Gasteiger partial charge < -0.3 is 9.84 Å². The molecule has 0 aliphatic heterocycles. The van der Waals surface area contributed by atoms with E-state index in [9.17, 15) is 9.18 Å². The topological polar surface area (TPSA) is 46.5 Å². The lowest BCUT2D eigenvalue weighted by Crippen LogP contribution is -2.00. The normalized spacial score (nSPS) is 8.80. The summed E-state index contributed by atoms with van der Waals surface area (Å²) in [6.45, 7) is 0. The van der Waals surface area contributed by atoms with Crippen LogP contribution < -0.4 is 4.74 Å². The molecule has 0 unspecified atom stereocenters. The van der Waals surface area contributed by atoms with Gasteiger partial charge in [0.15, 0.2) is 11.6 Å². The second-order valence-electron chi connectivity index (χ2n) is 2.54. The van der Waals surface area contributed by atoms with Gasteiger partial charge in [0.2, 0.25) is 0 Å². The molecule has 1 aromatic rings. The van der Waals surface area contributed by atoms with E-state index in [2.05, 4.69) is 20.7 Å². The summed E-state index contributed by atoms with van der Waals surface area (Å²) in [5, 5.41) is 8.43. The summed E-state index contributed by atoms with van der Waals surface area (Å²) >= 11 is 2.94. The Morgan fingerprint density at radius 3 is 2.53 bits per heavy atom. The van der Waals surface area contributed by atoms with Crippen molar-refractivity contribution in [2.75, 3.05) is 12.9 Å². The van der Waals surface area contributed by atoms with Crippen molar-refractivity contribution in [1.29, 1.82) is 0 Å². The van der Waals surface area contributed by atoms with E-state index in [4.69, 9.17) is 5.11 Å². The minimum absolute atomic E-state index is 0.120. The number of ether oxygens (including phenoxy) is 1. The van der Waals surface area contributed by atoms with Crippen molar-refractivity contribution in [3.05, 3.63) is 29.6 Å². The number of alkyl halides is 1. The number of hydrogen-bond acceptors (Lipinski definition) is 2. The maximum atomic E-state index is 13.0. The molecule has 0 radical (unpaired) electrons. The molecule has 0 aliphatic rings. The van der Waals surface area contributed by atoms with E-state index in [0.717, 1.165) is 6.07 Å². The molecule has 1 aromatic carbocycles. The van der Waals surface area contributed by atoms with Gasteiger partial charge in [-0.25, -0.2) is 4.39 Å². The van der Waals surface area contributed by atoms with Gasteiger partial charge in [0.05, 0.1) is 13.5 Å². The van der Waals surface area contributed by atoms with Crippen molar-refractivity contribution >= 4 is 21.9 Å². The number of carbonyl (C=O) groups is 1. The van der Waals surface area contributed by atoms with Gasteiger partial charge in [0.1, 0.15) is 0 Å². The average Bonchev–Trinajstić information content (AvgIpc) is 2.20. The molecule has 0 atom stereocenters. The number of halogens is 2. The van der Waals surface area contributed by atoms with Crippen molar-refractivity contribution in [2.24, 2.45) is 0 Å². The number of carboxylic acid groups (broad SMARTS) is 1. The van der Waals surface area contributed by atoms with Crippen molar-refractivity contribution in [3.63, 3.8) is 0 Å². The molecule has 1 rings (SSSR count). The lowest BCUT2D eigenvalue weighted by molar-refractivity contribution is -0.136. The van der Waals surface area contributed by atoms with Crippen LogP contribution in [0.4, 0.5) is 4.39 Å². The highest BCUT2D eigenvalue weighted by Crippen LogP contribution is 2.17. The van der Waals surface area contributed by atoms with E-state index < -0.39 is 11.8 Å². The third-order valence-electron chi connectivity index (χ3n) is 1.57. The Hall–Kier alpha value is -1.10. The molecule has 0 amide bonds. The maximum Gasteiger partial charge on any atom is 0.307 e. The zero-order valence-electron chi connectivity index (χ0n) is 8.46. The second kappa shape index (κ2) is 7.23. The SMILES string of the molecule is CBr.COc1ccc(CC(=O)O)cc1F. The first-order valence-electron chi connectivity index (χ1n) is 4.05. The molecule has 3 nitrogen and oxygen atoms in total. The molecule has 0 spiro atoms. The zero-order chi connectivity index (χ0) is 11.8. The van der Waals surface area contributed by atoms with Gasteiger partial charge in [-0.2, -0.15) is 0 Å². The highest BCUT2D eigenvalue weighted by Gasteiger charge is 2.05. The highest BCUT2D eigenvalue weighted by atomic mass is 79.9.